The van der Waals surface area contributed by atoms with Gasteiger partial charge < -0.3 is 10.6 Å². The summed E-state index contributed by atoms with van der Waals surface area (Å²) < 4.78 is 16.9. The van der Waals surface area contributed by atoms with Crippen molar-refractivity contribution in [1.29, 1.82) is 0 Å². The van der Waals surface area contributed by atoms with E-state index in [9.17, 15) is 9.18 Å². The molecular formula is C24H28FN7OS. The Hall–Kier alpha value is -3.11. The fourth-order valence-corrected chi connectivity index (χ4v) is 5.15. The molecule has 1 aliphatic heterocycles. The van der Waals surface area contributed by atoms with Crippen LogP contribution in [0.4, 0.5) is 16.0 Å². The quantitative estimate of drug-likeness (QED) is 0.428. The molecule has 2 N–H and O–H groups in total. The number of alkyl halides is 1. The third kappa shape index (κ3) is 3.90. The maximum absolute atomic E-state index is 13.6. The molecule has 0 atom stereocenters. The van der Waals surface area contributed by atoms with Gasteiger partial charge in [0.05, 0.1) is 5.69 Å². The fourth-order valence-electron chi connectivity index (χ4n) is 4.13. The van der Waals surface area contributed by atoms with Crippen LogP contribution in [-0.4, -0.2) is 37.5 Å². The molecule has 1 aliphatic rings. The molecule has 1 aromatic carbocycles. The lowest BCUT2D eigenvalue weighted by Gasteiger charge is -2.18. The van der Waals surface area contributed by atoms with Crippen molar-refractivity contribution in [2.24, 2.45) is 0 Å². The Morgan fingerprint density at radius 2 is 2.09 bits per heavy atom. The van der Waals surface area contributed by atoms with E-state index in [2.05, 4.69) is 32.7 Å². The second kappa shape index (κ2) is 8.59. The minimum atomic E-state index is -0.704. The molecule has 8 nitrogen and oxygen atoms in total. The van der Waals surface area contributed by atoms with Crippen LogP contribution in [0.3, 0.4) is 0 Å². The number of halogens is 1. The van der Waals surface area contributed by atoms with Crippen molar-refractivity contribution in [3.8, 4) is 5.13 Å². The lowest BCUT2D eigenvalue weighted by atomic mass is 9.92. The van der Waals surface area contributed by atoms with E-state index in [-0.39, 0.29) is 11.6 Å². The number of thiazole rings is 1. The second-order valence-electron chi connectivity index (χ2n) is 9.55. The largest absolute Gasteiger partial charge is 0.324 e. The predicted molar refractivity (Wildman–Crippen MR) is 133 cm³/mol. The topological polar surface area (TPSA) is 89.7 Å². The maximum atomic E-state index is 13.6. The third-order valence-electron chi connectivity index (χ3n) is 6.16. The van der Waals surface area contributed by atoms with Gasteiger partial charge in [-0.05, 0) is 50.1 Å². The van der Waals surface area contributed by atoms with Crippen molar-refractivity contribution in [3.05, 3.63) is 57.0 Å². The summed E-state index contributed by atoms with van der Waals surface area (Å²) in [6.45, 7) is 8.82. The first-order valence-corrected chi connectivity index (χ1v) is 12.3. The van der Waals surface area contributed by atoms with Gasteiger partial charge in [-0.15, -0.1) is 11.3 Å². The van der Waals surface area contributed by atoms with E-state index >= 15 is 0 Å². The van der Waals surface area contributed by atoms with E-state index in [0.717, 1.165) is 25.2 Å². The Morgan fingerprint density at radius 3 is 2.85 bits per heavy atom. The van der Waals surface area contributed by atoms with Crippen LogP contribution in [0.5, 0.6) is 0 Å². The van der Waals surface area contributed by atoms with Crippen molar-refractivity contribution in [2.75, 3.05) is 18.5 Å². The van der Waals surface area contributed by atoms with Gasteiger partial charge in [-0.25, -0.2) is 19.3 Å². The molecule has 178 valence electrons. The van der Waals surface area contributed by atoms with Gasteiger partial charge in [-0.2, -0.15) is 4.98 Å². The number of fused-ring (bicyclic) bond motifs is 2. The Balaban J connectivity index is 1.60. The first-order valence-electron chi connectivity index (χ1n) is 11.4. The van der Waals surface area contributed by atoms with E-state index in [4.69, 9.17) is 4.98 Å². The highest BCUT2D eigenvalue weighted by molar-refractivity contribution is 7.12. The van der Waals surface area contributed by atoms with Crippen molar-refractivity contribution in [3.63, 3.8) is 0 Å². The number of rotatable bonds is 6. The summed E-state index contributed by atoms with van der Waals surface area (Å²) in [7, 11) is 0. The van der Waals surface area contributed by atoms with Crippen LogP contribution in [-0.2, 0) is 18.4 Å². The highest BCUT2D eigenvalue weighted by Crippen LogP contribution is 2.29. The zero-order valence-corrected chi connectivity index (χ0v) is 20.5. The number of hydrogen-bond donors (Lipinski definition) is 2. The molecule has 0 aliphatic carbocycles. The smallest absolute Gasteiger partial charge is 0.278 e. The van der Waals surface area contributed by atoms with Crippen LogP contribution >= 0.6 is 11.3 Å². The SMILES string of the molecule is CC(C)n1c(=O)c2cnc(Nc3ccc4c(c3)CCNC4)nc2n1-c1nc(C(C)(C)CF)cs1. The third-order valence-corrected chi connectivity index (χ3v) is 6.98. The van der Waals surface area contributed by atoms with Gasteiger partial charge in [-0.1, -0.05) is 19.9 Å². The molecule has 4 aromatic rings. The first kappa shape index (κ1) is 22.7. The number of hydrogen-bond acceptors (Lipinski definition) is 7. The standard InChI is InChI=1S/C24H28FN7OS/c1-14(2)31-21(33)18-11-27-22(28-17-6-5-16-10-26-8-7-15(16)9-17)30-20(18)32(31)23-29-19(12-34-23)24(3,4)13-25/h5-6,9,11-12,14,26H,7-8,10,13H2,1-4H3,(H,27,28,30). The molecule has 0 amide bonds. The van der Waals surface area contributed by atoms with E-state index in [1.165, 1.54) is 22.5 Å². The Labute approximate surface area is 200 Å². The van der Waals surface area contributed by atoms with Crippen molar-refractivity contribution in [1.82, 2.24) is 29.6 Å². The highest BCUT2D eigenvalue weighted by atomic mass is 32.1. The van der Waals surface area contributed by atoms with E-state index in [1.807, 2.05) is 39.1 Å². The zero-order chi connectivity index (χ0) is 24.0. The summed E-state index contributed by atoms with van der Waals surface area (Å²) in [4.78, 5) is 27.0. The predicted octanol–water partition coefficient (Wildman–Crippen LogP) is 4.26. The summed E-state index contributed by atoms with van der Waals surface area (Å²) in [6, 6.07) is 6.12. The Kier molecular flexibility index (Phi) is 5.73. The molecule has 0 spiro atoms. The highest BCUT2D eigenvalue weighted by Gasteiger charge is 2.26. The van der Waals surface area contributed by atoms with Gasteiger partial charge in [0.2, 0.25) is 11.1 Å². The molecule has 4 heterocycles. The summed E-state index contributed by atoms with van der Waals surface area (Å²) in [5.74, 6) is 0.400. The minimum absolute atomic E-state index is 0.131. The van der Waals surface area contributed by atoms with Crippen LogP contribution in [0.15, 0.2) is 34.6 Å². The normalized spacial score (nSPS) is 14.1. The van der Waals surface area contributed by atoms with E-state index < -0.39 is 12.1 Å². The molecule has 0 saturated carbocycles. The fraction of sp³-hybridized carbons (Fsp3) is 0.417. The second-order valence-corrected chi connectivity index (χ2v) is 10.4. The summed E-state index contributed by atoms with van der Waals surface area (Å²) >= 11 is 1.37. The van der Waals surface area contributed by atoms with Crippen LogP contribution in [0.25, 0.3) is 16.2 Å². The maximum Gasteiger partial charge on any atom is 0.278 e. The van der Waals surface area contributed by atoms with E-state index in [1.54, 1.807) is 15.6 Å². The molecule has 0 radical (unpaired) electrons. The molecule has 3 aromatic heterocycles. The molecule has 0 saturated heterocycles. The Morgan fingerprint density at radius 1 is 1.26 bits per heavy atom. The van der Waals surface area contributed by atoms with Crippen LogP contribution in [0, 0.1) is 0 Å². The lowest BCUT2D eigenvalue weighted by molar-refractivity contribution is 0.345. The molecule has 34 heavy (non-hydrogen) atoms. The van der Waals surface area contributed by atoms with Crippen molar-refractivity contribution < 1.29 is 4.39 Å². The van der Waals surface area contributed by atoms with Gasteiger partial charge in [0.1, 0.15) is 12.1 Å². The molecule has 0 unspecified atom stereocenters. The number of nitrogens with one attached hydrogen (secondary N) is 2. The van der Waals surface area contributed by atoms with Gasteiger partial charge in [0.15, 0.2) is 5.65 Å². The van der Waals surface area contributed by atoms with Gasteiger partial charge >= 0.3 is 0 Å². The lowest BCUT2D eigenvalue weighted by Crippen LogP contribution is -2.24. The van der Waals surface area contributed by atoms with E-state index in [0.29, 0.717) is 27.8 Å². The number of anilines is 2. The summed E-state index contributed by atoms with van der Waals surface area (Å²) in [5, 5.41) is 9.50. The minimum Gasteiger partial charge on any atom is -0.324 e. The Bertz CT molecular complexity index is 1420. The monoisotopic (exact) mass is 481 g/mol. The molecular weight excluding hydrogens is 453 g/mol. The molecule has 10 heteroatoms. The molecule has 0 fully saturated rings. The molecule has 0 bridgehead atoms. The van der Waals surface area contributed by atoms with Crippen molar-refractivity contribution >= 4 is 34.0 Å². The van der Waals surface area contributed by atoms with Gasteiger partial charge in [0.25, 0.3) is 5.56 Å². The number of aromatic nitrogens is 5. The summed E-state index contributed by atoms with van der Waals surface area (Å²) in [5.41, 5.74) is 3.74. The average molecular weight is 482 g/mol. The van der Waals surface area contributed by atoms with Crippen LogP contribution in [0.2, 0.25) is 0 Å². The van der Waals surface area contributed by atoms with Crippen molar-refractivity contribution in [2.45, 2.75) is 52.1 Å². The summed E-state index contributed by atoms with van der Waals surface area (Å²) in [6.07, 6.45) is 2.54. The number of benzene rings is 1. The average Bonchev–Trinajstić information content (AvgIpc) is 3.42. The first-order chi connectivity index (χ1) is 16.3. The van der Waals surface area contributed by atoms with Gasteiger partial charge in [0, 0.05) is 35.3 Å². The van der Waals surface area contributed by atoms with Crippen LogP contribution < -0.4 is 16.2 Å². The van der Waals surface area contributed by atoms with Crippen LogP contribution in [0.1, 0.15) is 50.6 Å². The zero-order valence-electron chi connectivity index (χ0n) is 19.7. The van der Waals surface area contributed by atoms with Gasteiger partial charge in [-0.3, -0.25) is 9.18 Å². The number of nitrogens with zero attached hydrogens (tertiary/aromatic N) is 5. The molecule has 5 rings (SSSR count).